The maximum Gasteiger partial charge on any atom is 0.286 e. The summed E-state index contributed by atoms with van der Waals surface area (Å²) < 4.78 is 6.64. The van der Waals surface area contributed by atoms with Gasteiger partial charge in [-0.3, -0.25) is 9.69 Å². The van der Waals surface area contributed by atoms with Gasteiger partial charge in [0.25, 0.3) is 5.91 Å². The summed E-state index contributed by atoms with van der Waals surface area (Å²) in [6.45, 7) is 5.61. The first-order valence-electron chi connectivity index (χ1n) is 8.23. The highest BCUT2D eigenvalue weighted by Crippen LogP contribution is 2.22. The monoisotopic (exact) mass is 366 g/mol. The Morgan fingerprint density at radius 3 is 2.96 bits per heavy atom. The van der Waals surface area contributed by atoms with Gasteiger partial charge in [0.2, 0.25) is 0 Å². The number of carbonyl (C=O) groups excluding carboxylic acids is 1. The molecular weight excluding hydrogens is 344 g/mol. The van der Waals surface area contributed by atoms with Crippen LogP contribution in [0.1, 0.15) is 40.6 Å². The molecule has 130 valence electrons. The summed E-state index contributed by atoms with van der Waals surface area (Å²) in [6.07, 6.45) is 3.39. The summed E-state index contributed by atoms with van der Waals surface area (Å²) in [6, 6.07) is 3.67. The Balaban J connectivity index is 1.35. The fraction of sp³-hybridized carbons (Fsp3) is 0.562. The van der Waals surface area contributed by atoms with Gasteiger partial charge in [-0.2, -0.15) is 0 Å². The molecule has 0 radical (unpaired) electrons. The molecule has 1 saturated heterocycles. The minimum atomic E-state index is -0.139. The molecule has 8 heteroatoms. The molecule has 3 heterocycles. The minimum Gasteiger partial charge on any atom is -0.455 e. The van der Waals surface area contributed by atoms with Crippen LogP contribution in [0.3, 0.4) is 0 Å². The fourth-order valence-electron chi connectivity index (χ4n) is 2.60. The molecule has 0 aromatic carbocycles. The number of aromatic nitrogens is 2. The third-order valence-electron chi connectivity index (χ3n) is 3.80. The number of aryl methyl sites for hydroxylation is 1. The second-order valence-corrected chi connectivity index (χ2v) is 8.32. The van der Waals surface area contributed by atoms with E-state index in [1.165, 1.54) is 12.8 Å². The Kier molecular flexibility index (Phi) is 6.28. The number of rotatable bonds is 8. The van der Waals surface area contributed by atoms with Crippen LogP contribution in [0.4, 0.5) is 0 Å². The number of furan rings is 1. The number of nitrogens with one attached hydrogen (secondary N) is 1. The van der Waals surface area contributed by atoms with E-state index in [-0.39, 0.29) is 5.91 Å². The lowest BCUT2D eigenvalue weighted by Gasteiger charge is -2.11. The third-order valence-corrected chi connectivity index (χ3v) is 5.86. The lowest BCUT2D eigenvalue weighted by Crippen LogP contribution is -2.24. The van der Waals surface area contributed by atoms with Crippen molar-refractivity contribution in [3.63, 3.8) is 0 Å². The molecule has 6 nitrogen and oxygen atoms in total. The predicted molar refractivity (Wildman–Crippen MR) is 95.5 cm³/mol. The second-order valence-electron chi connectivity index (χ2n) is 5.79. The van der Waals surface area contributed by atoms with Crippen molar-refractivity contribution < 1.29 is 9.21 Å². The van der Waals surface area contributed by atoms with Crippen LogP contribution in [0, 0.1) is 6.92 Å². The molecule has 2 aromatic heterocycles. The maximum atomic E-state index is 12.1. The molecule has 0 saturated carbocycles. The Hall–Kier alpha value is -1.38. The van der Waals surface area contributed by atoms with E-state index in [9.17, 15) is 4.79 Å². The third kappa shape index (κ3) is 5.06. The summed E-state index contributed by atoms with van der Waals surface area (Å²) in [5.41, 5.74) is 0. The molecular formula is C16H22N4O2S2. The van der Waals surface area contributed by atoms with Crippen LogP contribution in [-0.4, -0.2) is 46.4 Å². The van der Waals surface area contributed by atoms with E-state index in [1.807, 2.05) is 13.0 Å². The molecule has 1 amide bonds. The van der Waals surface area contributed by atoms with Gasteiger partial charge in [-0.15, -0.1) is 10.2 Å². The van der Waals surface area contributed by atoms with E-state index in [4.69, 9.17) is 4.42 Å². The zero-order valence-corrected chi connectivity index (χ0v) is 15.4. The lowest BCUT2D eigenvalue weighted by molar-refractivity contribution is 0.0922. The van der Waals surface area contributed by atoms with Crippen molar-refractivity contribution >= 4 is 29.0 Å². The van der Waals surface area contributed by atoms with Crippen LogP contribution in [0.25, 0.3) is 0 Å². The standard InChI is InChI=1S/C16H22N4O2S2/c1-12-18-19-16(24-12)23-10-4-7-17-15(21)14-6-5-13(22-14)11-20-8-2-3-9-20/h5-6H,2-4,7-11H2,1H3,(H,17,21). The van der Waals surface area contributed by atoms with Crippen molar-refractivity contribution in [2.24, 2.45) is 0 Å². The summed E-state index contributed by atoms with van der Waals surface area (Å²) in [4.78, 5) is 14.4. The number of carbonyl (C=O) groups is 1. The first-order valence-corrected chi connectivity index (χ1v) is 10.0. The van der Waals surface area contributed by atoms with Crippen LogP contribution < -0.4 is 5.32 Å². The number of hydrogen-bond acceptors (Lipinski definition) is 7. The van der Waals surface area contributed by atoms with Gasteiger partial charge in [-0.1, -0.05) is 23.1 Å². The van der Waals surface area contributed by atoms with Gasteiger partial charge in [0, 0.05) is 12.3 Å². The second kappa shape index (κ2) is 8.64. The van der Waals surface area contributed by atoms with Gasteiger partial charge >= 0.3 is 0 Å². The Morgan fingerprint density at radius 1 is 1.38 bits per heavy atom. The van der Waals surface area contributed by atoms with Crippen LogP contribution >= 0.6 is 23.1 Å². The molecule has 0 spiro atoms. The summed E-state index contributed by atoms with van der Waals surface area (Å²) in [5, 5.41) is 11.9. The van der Waals surface area contributed by atoms with Gasteiger partial charge in [0.1, 0.15) is 10.8 Å². The number of thioether (sulfide) groups is 1. The SMILES string of the molecule is Cc1nnc(SCCCNC(=O)c2ccc(CN3CCCC3)o2)s1. The molecule has 2 aromatic rings. The molecule has 1 aliphatic rings. The summed E-state index contributed by atoms with van der Waals surface area (Å²) >= 11 is 3.27. The zero-order chi connectivity index (χ0) is 16.8. The molecule has 0 unspecified atom stereocenters. The first kappa shape index (κ1) is 17.4. The Labute approximate surface area is 150 Å². The fourth-order valence-corrected chi connectivity index (χ4v) is 4.43. The highest BCUT2D eigenvalue weighted by atomic mass is 32.2. The van der Waals surface area contributed by atoms with E-state index in [1.54, 1.807) is 29.2 Å². The molecule has 24 heavy (non-hydrogen) atoms. The highest BCUT2D eigenvalue weighted by molar-refractivity contribution is 8.01. The van der Waals surface area contributed by atoms with Gasteiger partial charge < -0.3 is 9.73 Å². The van der Waals surface area contributed by atoms with Crippen molar-refractivity contribution in [1.82, 2.24) is 20.4 Å². The van der Waals surface area contributed by atoms with E-state index >= 15 is 0 Å². The molecule has 0 bridgehead atoms. The van der Waals surface area contributed by atoms with Crippen LogP contribution in [0.2, 0.25) is 0 Å². The Bertz CT molecular complexity index is 665. The number of nitrogens with zero attached hydrogens (tertiary/aromatic N) is 3. The number of hydrogen-bond donors (Lipinski definition) is 1. The largest absolute Gasteiger partial charge is 0.455 e. The van der Waals surface area contributed by atoms with Crippen molar-refractivity contribution in [2.45, 2.75) is 37.1 Å². The van der Waals surface area contributed by atoms with Crippen LogP contribution in [0.15, 0.2) is 20.9 Å². The molecule has 1 fully saturated rings. The normalized spacial score (nSPS) is 15.0. The Morgan fingerprint density at radius 2 is 2.21 bits per heavy atom. The summed E-state index contributed by atoms with van der Waals surface area (Å²) in [7, 11) is 0. The van der Waals surface area contributed by atoms with Crippen molar-refractivity contribution in [3.05, 3.63) is 28.7 Å². The zero-order valence-electron chi connectivity index (χ0n) is 13.8. The quantitative estimate of drug-likeness (QED) is 0.572. The molecule has 0 aliphatic carbocycles. The van der Waals surface area contributed by atoms with Crippen molar-refractivity contribution in [1.29, 1.82) is 0 Å². The van der Waals surface area contributed by atoms with Crippen molar-refractivity contribution in [3.8, 4) is 0 Å². The topological polar surface area (TPSA) is 71.3 Å². The van der Waals surface area contributed by atoms with Crippen molar-refractivity contribution in [2.75, 3.05) is 25.4 Å². The van der Waals surface area contributed by atoms with E-state index in [0.29, 0.717) is 12.3 Å². The highest BCUT2D eigenvalue weighted by Gasteiger charge is 2.15. The van der Waals surface area contributed by atoms with Crippen LogP contribution in [-0.2, 0) is 6.54 Å². The molecule has 1 aliphatic heterocycles. The average Bonchev–Trinajstić information content (AvgIpc) is 3.30. The predicted octanol–water partition coefficient (Wildman–Crippen LogP) is 2.95. The van der Waals surface area contributed by atoms with E-state index in [2.05, 4.69) is 20.4 Å². The van der Waals surface area contributed by atoms with Gasteiger partial charge in [0.15, 0.2) is 10.1 Å². The molecule has 0 atom stereocenters. The smallest absolute Gasteiger partial charge is 0.286 e. The average molecular weight is 367 g/mol. The maximum absolute atomic E-state index is 12.1. The van der Waals surface area contributed by atoms with E-state index in [0.717, 1.165) is 46.9 Å². The number of amides is 1. The molecule has 3 rings (SSSR count). The van der Waals surface area contributed by atoms with Crippen LogP contribution in [0.5, 0.6) is 0 Å². The number of likely N-dealkylation sites (tertiary alicyclic amines) is 1. The molecule has 1 N–H and O–H groups in total. The minimum absolute atomic E-state index is 0.139. The first-order chi connectivity index (χ1) is 11.7. The van der Waals surface area contributed by atoms with Gasteiger partial charge in [0.05, 0.1) is 6.54 Å². The van der Waals surface area contributed by atoms with Gasteiger partial charge in [-0.25, -0.2) is 0 Å². The van der Waals surface area contributed by atoms with E-state index < -0.39 is 0 Å². The summed E-state index contributed by atoms with van der Waals surface area (Å²) in [5.74, 6) is 2.04. The lowest BCUT2D eigenvalue weighted by atomic mass is 10.4. The van der Waals surface area contributed by atoms with Gasteiger partial charge in [-0.05, 0) is 51.4 Å².